The Morgan fingerprint density at radius 2 is 1.85 bits per heavy atom. The molecule has 0 saturated carbocycles. The second-order valence-electron chi connectivity index (χ2n) is 9.63. The van der Waals surface area contributed by atoms with Crippen LogP contribution in [0.15, 0.2) is 12.1 Å². The van der Waals surface area contributed by atoms with Gasteiger partial charge in [-0.2, -0.15) is 0 Å². The van der Waals surface area contributed by atoms with Crippen LogP contribution < -0.4 is 5.30 Å². The average Bonchev–Trinajstić information content (AvgIpc) is 2.55. The molecule has 0 aliphatic carbocycles. The summed E-state index contributed by atoms with van der Waals surface area (Å²) in [6.07, 6.45) is 3.07. The third-order valence-electron chi connectivity index (χ3n) is 5.47. The Bertz CT molecular complexity index is 717. The van der Waals surface area contributed by atoms with E-state index in [9.17, 15) is 0 Å². The van der Waals surface area contributed by atoms with Crippen molar-refractivity contribution >= 4 is 34.0 Å². The topological polar surface area (TPSA) is 18.5 Å². The molecule has 148 valence electrons. The molecule has 0 fully saturated rings. The van der Waals surface area contributed by atoms with Gasteiger partial charge in [0.25, 0.3) is 0 Å². The van der Waals surface area contributed by atoms with Crippen molar-refractivity contribution in [2.75, 3.05) is 26.6 Å². The van der Waals surface area contributed by atoms with Gasteiger partial charge in [-0.25, -0.2) is 0 Å². The Labute approximate surface area is 169 Å². The van der Waals surface area contributed by atoms with Crippen LogP contribution >= 0.6 is 16.8 Å². The maximum atomic E-state index is 6.38. The molecule has 2 rings (SSSR count). The summed E-state index contributed by atoms with van der Waals surface area (Å²) in [6, 6.07) is 4.81. The van der Waals surface area contributed by atoms with Crippen molar-refractivity contribution in [3.05, 3.63) is 28.8 Å². The minimum absolute atomic E-state index is 0.0159. The Hall–Kier alpha value is 0.140. The summed E-state index contributed by atoms with van der Waals surface area (Å²) in [7, 11) is 1.77. The van der Waals surface area contributed by atoms with E-state index in [1.54, 1.807) is 18.5 Å². The van der Waals surface area contributed by atoms with Crippen molar-refractivity contribution in [3.8, 4) is 0 Å². The first-order valence-corrected chi connectivity index (χ1v) is 13.8. The molecule has 1 heterocycles. The quantitative estimate of drug-likeness (QED) is 0.558. The van der Waals surface area contributed by atoms with Crippen LogP contribution in [-0.2, 0) is 37.3 Å². The summed E-state index contributed by atoms with van der Waals surface area (Å²) >= 11 is 7.87. The largest absolute Gasteiger partial charge is 0.385 e. The second-order valence-corrected chi connectivity index (χ2v) is 16.6. The molecule has 26 heavy (non-hydrogen) atoms. The lowest BCUT2D eigenvalue weighted by Gasteiger charge is -2.43. The molecule has 0 saturated heterocycles. The Morgan fingerprint density at radius 3 is 2.35 bits per heavy atom. The van der Waals surface area contributed by atoms with Crippen LogP contribution in [0, 0.1) is 0 Å². The fraction of sp³-hybridized carbons (Fsp3) is 0.714. The summed E-state index contributed by atoms with van der Waals surface area (Å²) in [5.41, 5.74) is 2.10. The van der Waals surface area contributed by atoms with E-state index in [2.05, 4.69) is 66.9 Å². The molecule has 1 unspecified atom stereocenters. The van der Waals surface area contributed by atoms with Crippen LogP contribution in [0.5, 0.6) is 0 Å². The van der Waals surface area contributed by atoms with Gasteiger partial charge in [0.1, 0.15) is 5.47 Å². The van der Waals surface area contributed by atoms with Crippen molar-refractivity contribution < 1.29 is 9.26 Å². The van der Waals surface area contributed by atoms with Crippen LogP contribution in [0.3, 0.4) is 0 Å². The molecule has 0 bridgehead atoms. The van der Waals surface area contributed by atoms with Crippen molar-refractivity contribution in [1.82, 2.24) is 0 Å². The number of rotatable bonds is 5. The lowest BCUT2D eigenvalue weighted by atomic mass is 9.73. The molecular weight excluding hydrogens is 379 g/mol. The van der Waals surface area contributed by atoms with E-state index in [-0.39, 0.29) is 16.2 Å². The van der Waals surface area contributed by atoms with Gasteiger partial charge in [-0.15, -0.1) is 0 Å². The predicted molar refractivity (Wildman–Crippen MR) is 121 cm³/mol. The second kappa shape index (κ2) is 7.52. The monoisotopic (exact) mass is 414 g/mol. The first-order chi connectivity index (χ1) is 11.8. The number of methoxy groups -OCH3 is 1. The zero-order valence-electron chi connectivity index (χ0n) is 17.9. The minimum Gasteiger partial charge on any atom is -0.385 e. The van der Waals surface area contributed by atoms with E-state index in [4.69, 9.17) is 21.1 Å². The molecular formula is C21H35O2PS2. The summed E-state index contributed by atoms with van der Waals surface area (Å²) < 4.78 is 11.8. The lowest BCUT2D eigenvalue weighted by Crippen LogP contribution is -2.40. The SMILES string of the molecule is COCCC(C)(C)c1cc(C(C)(C)C)cc2c1P(=S)(SC)OCC2(C)C. The molecule has 0 aromatic heterocycles. The van der Waals surface area contributed by atoms with Gasteiger partial charge in [0.05, 0.1) is 6.61 Å². The molecule has 0 amide bonds. The predicted octanol–water partition coefficient (Wildman–Crippen LogP) is 5.90. The maximum Gasteiger partial charge on any atom is 0.149 e. The van der Waals surface area contributed by atoms with Gasteiger partial charge in [0, 0.05) is 24.4 Å². The smallest absolute Gasteiger partial charge is 0.149 e. The molecule has 0 radical (unpaired) electrons. The van der Waals surface area contributed by atoms with Gasteiger partial charge in [-0.05, 0) is 40.2 Å². The van der Waals surface area contributed by atoms with E-state index in [0.717, 1.165) is 13.0 Å². The molecule has 5 heteroatoms. The van der Waals surface area contributed by atoms with Gasteiger partial charge < -0.3 is 9.26 Å². The summed E-state index contributed by atoms with van der Waals surface area (Å²) in [5.74, 6) is 0. The third kappa shape index (κ3) is 4.25. The highest BCUT2D eigenvalue weighted by Crippen LogP contribution is 2.63. The number of hydrogen-bond donors (Lipinski definition) is 0. The van der Waals surface area contributed by atoms with Crippen molar-refractivity contribution in [3.63, 3.8) is 0 Å². The summed E-state index contributed by atoms with van der Waals surface area (Å²) in [5, 5.41) is 1.31. The van der Waals surface area contributed by atoms with Gasteiger partial charge in [0.2, 0.25) is 0 Å². The average molecular weight is 415 g/mol. The van der Waals surface area contributed by atoms with Gasteiger partial charge in [-0.1, -0.05) is 83.8 Å². The molecule has 0 N–H and O–H groups in total. The van der Waals surface area contributed by atoms with Gasteiger partial charge >= 0.3 is 0 Å². The normalized spacial score (nSPS) is 23.0. The van der Waals surface area contributed by atoms with Crippen LogP contribution in [0.1, 0.15) is 71.6 Å². The van der Waals surface area contributed by atoms with E-state index in [1.807, 2.05) is 0 Å². The van der Waals surface area contributed by atoms with Gasteiger partial charge in [0.15, 0.2) is 0 Å². The molecule has 1 aromatic rings. The number of fused-ring (bicyclic) bond motifs is 1. The molecule has 1 aliphatic rings. The fourth-order valence-corrected chi connectivity index (χ4v) is 8.01. The van der Waals surface area contributed by atoms with E-state index >= 15 is 0 Å². The first-order valence-electron chi connectivity index (χ1n) is 9.28. The lowest BCUT2D eigenvalue weighted by molar-refractivity contribution is 0.174. The molecule has 1 atom stereocenters. The first kappa shape index (κ1) is 22.4. The van der Waals surface area contributed by atoms with E-state index < -0.39 is 5.47 Å². The fourth-order valence-electron chi connectivity index (χ4n) is 3.42. The van der Waals surface area contributed by atoms with Crippen molar-refractivity contribution in [2.24, 2.45) is 0 Å². The highest BCUT2D eigenvalue weighted by Gasteiger charge is 2.42. The Kier molecular flexibility index (Phi) is 6.49. The summed E-state index contributed by atoms with van der Waals surface area (Å²) in [6.45, 7) is 17.5. The highest BCUT2D eigenvalue weighted by atomic mass is 32.9. The van der Waals surface area contributed by atoms with Crippen molar-refractivity contribution in [1.29, 1.82) is 0 Å². The Morgan fingerprint density at radius 1 is 1.23 bits per heavy atom. The Balaban J connectivity index is 2.87. The number of benzene rings is 1. The van der Waals surface area contributed by atoms with Crippen LogP contribution in [0.2, 0.25) is 0 Å². The molecule has 1 aliphatic heterocycles. The zero-order valence-corrected chi connectivity index (χ0v) is 20.4. The standard InChI is InChI=1S/C21H35O2PS2/c1-19(2,3)15-12-16(20(4,5)10-11-22-8)18-17(13-15)21(6,7)14-23-24(18,25)26-9/h12-13H,10-11,14H2,1-9H3. The molecule has 0 spiro atoms. The zero-order chi connectivity index (χ0) is 20.0. The third-order valence-corrected chi connectivity index (χ3v) is 12.0. The summed E-state index contributed by atoms with van der Waals surface area (Å²) in [4.78, 5) is 0. The number of ether oxygens (including phenoxy) is 1. The van der Waals surface area contributed by atoms with Gasteiger partial charge in [-0.3, -0.25) is 0 Å². The molecule has 2 nitrogen and oxygen atoms in total. The molecule has 1 aromatic carbocycles. The van der Waals surface area contributed by atoms with Crippen LogP contribution in [0.25, 0.3) is 0 Å². The van der Waals surface area contributed by atoms with Crippen LogP contribution in [-0.4, -0.2) is 26.6 Å². The van der Waals surface area contributed by atoms with Crippen LogP contribution in [0.4, 0.5) is 0 Å². The number of hydrogen-bond acceptors (Lipinski definition) is 4. The van der Waals surface area contributed by atoms with Crippen molar-refractivity contribution in [2.45, 2.75) is 71.1 Å². The van der Waals surface area contributed by atoms with E-state index in [0.29, 0.717) is 6.61 Å². The van der Waals surface area contributed by atoms with E-state index in [1.165, 1.54) is 22.0 Å². The highest BCUT2D eigenvalue weighted by molar-refractivity contribution is 8.71. The minimum atomic E-state index is -2.09. The maximum absolute atomic E-state index is 6.38.